The van der Waals surface area contributed by atoms with Gasteiger partial charge in [-0.05, 0) is 56.6 Å². The van der Waals surface area contributed by atoms with E-state index in [-0.39, 0.29) is 5.88 Å². The van der Waals surface area contributed by atoms with Crippen molar-refractivity contribution >= 4 is 23.4 Å². The smallest absolute Gasteiger partial charge is 0.418 e. The van der Waals surface area contributed by atoms with E-state index in [1.165, 1.54) is 44.6 Å². The van der Waals surface area contributed by atoms with Gasteiger partial charge in [-0.15, -0.1) is 0 Å². The molecule has 1 aliphatic rings. The summed E-state index contributed by atoms with van der Waals surface area (Å²) >= 11 is 0. The first-order valence-corrected chi connectivity index (χ1v) is 11.3. The molecular formula is C25H29N5O3. The number of anilines is 3. The van der Waals surface area contributed by atoms with Crippen LogP contribution in [-0.4, -0.2) is 47.2 Å². The van der Waals surface area contributed by atoms with Gasteiger partial charge >= 0.3 is 6.09 Å². The number of likely N-dealkylation sites (tertiary alicyclic amines) is 1. The van der Waals surface area contributed by atoms with Crippen LogP contribution in [0.15, 0.2) is 66.9 Å². The van der Waals surface area contributed by atoms with Crippen molar-refractivity contribution < 1.29 is 14.3 Å². The van der Waals surface area contributed by atoms with Crippen molar-refractivity contribution in [3.8, 4) is 11.6 Å². The van der Waals surface area contributed by atoms with E-state index in [4.69, 9.17) is 9.47 Å². The minimum absolute atomic E-state index is 0.144. The summed E-state index contributed by atoms with van der Waals surface area (Å²) in [5, 5.41) is 5.78. The maximum atomic E-state index is 12.1. The Hall–Kier alpha value is -3.65. The van der Waals surface area contributed by atoms with Crippen LogP contribution in [-0.2, 0) is 0 Å². The van der Waals surface area contributed by atoms with E-state index in [1.807, 2.05) is 42.5 Å². The molecule has 8 nitrogen and oxygen atoms in total. The number of benzene rings is 2. The Morgan fingerprint density at radius 2 is 1.79 bits per heavy atom. The summed E-state index contributed by atoms with van der Waals surface area (Å²) in [6, 6.07) is 18.2. The number of rotatable bonds is 9. The lowest BCUT2D eigenvalue weighted by atomic mass is 10.1. The van der Waals surface area contributed by atoms with Crippen molar-refractivity contribution in [2.45, 2.75) is 25.7 Å². The van der Waals surface area contributed by atoms with Crippen LogP contribution in [0.5, 0.6) is 11.6 Å². The fraction of sp³-hybridized carbons (Fsp3) is 0.320. The summed E-state index contributed by atoms with van der Waals surface area (Å²) in [6.07, 6.45) is 5.88. The van der Waals surface area contributed by atoms with E-state index in [0.29, 0.717) is 18.2 Å². The Kier molecular flexibility index (Phi) is 8.08. The van der Waals surface area contributed by atoms with Gasteiger partial charge in [0, 0.05) is 36.2 Å². The number of hydrogen-bond donors (Lipinski definition) is 2. The Morgan fingerprint density at radius 3 is 2.64 bits per heavy atom. The summed E-state index contributed by atoms with van der Waals surface area (Å²) in [4.78, 5) is 23.1. The van der Waals surface area contributed by atoms with Crippen molar-refractivity contribution in [2.75, 3.05) is 36.9 Å². The minimum atomic E-state index is -0.620. The first-order chi connectivity index (χ1) is 16.2. The van der Waals surface area contributed by atoms with Gasteiger partial charge in [-0.2, -0.15) is 4.98 Å². The summed E-state index contributed by atoms with van der Waals surface area (Å²) in [5.41, 5.74) is 1.43. The lowest BCUT2D eigenvalue weighted by molar-refractivity contribution is 0.205. The number of para-hydroxylation sites is 1. The van der Waals surface area contributed by atoms with Crippen LogP contribution in [0.2, 0.25) is 0 Å². The van der Waals surface area contributed by atoms with Crippen molar-refractivity contribution in [2.24, 2.45) is 0 Å². The minimum Gasteiger partial charge on any atom is -0.493 e. The van der Waals surface area contributed by atoms with Gasteiger partial charge in [0.05, 0.1) is 6.61 Å². The van der Waals surface area contributed by atoms with Gasteiger partial charge in [0.1, 0.15) is 5.75 Å². The number of hydrogen-bond acceptors (Lipinski definition) is 7. The van der Waals surface area contributed by atoms with Crippen LogP contribution in [0, 0.1) is 0 Å². The molecule has 1 saturated heterocycles. The predicted molar refractivity (Wildman–Crippen MR) is 128 cm³/mol. The predicted octanol–water partition coefficient (Wildman–Crippen LogP) is 5.09. The van der Waals surface area contributed by atoms with Crippen LogP contribution in [0.25, 0.3) is 0 Å². The second-order valence-electron chi connectivity index (χ2n) is 7.86. The highest BCUT2D eigenvalue weighted by Crippen LogP contribution is 2.21. The maximum Gasteiger partial charge on any atom is 0.418 e. The second kappa shape index (κ2) is 11.8. The average molecular weight is 448 g/mol. The molecule has 33 heavy (non-hydrogen) atoms. The zero-order chi connectivity index (χ0) is 22.7. The highest BCUT2D eigenvalue weighted by Gasteiger charge is 2.10. The molecule has 0 saturated carbocycles. The molecular weight excluding hydrogens is 418 g/mol. The van der Waals surface area contributed by atoms with E-state index in [2.05, 4.69) is 25.5 Å². The van der Waals surface area contributed by atoms with Gasteiger partial charge in [0.15, 0.2) is 0 Å². The molecule has 0 bridgehead atoms. The lowest BCUT2D eigenvalue weighted by Gasteiger charge is -2.26. The van der Waals surface area contributed by atoms with E-state index in [1.54, 1.807) is 12.1 Å². The fourth-order valence-corrected chi connectivity index (χ4v) is 3.67. The van der Waals surface area contributed by atoms with E-state index in [0.717, 1.165) is 24.4 Å². The van der Waals surface area contributed by atoms with Crippen molar-refractivity contribution in [3.05, 3.63) is 66.9 Å². The van der Waals surface area contributed by atoms with Gasteiger partial charge in [-0.1, -0.05) is 30.7 Å². The van der Waals surface area contributed by atoms with Gasteiger partial charge in [-0.3, -0.25) is 5.32 Å². The molecule has 1 aliphatic heterocycles. The summed E-state index contributed by atoms with van der Waals surface area (Å²) in [6.45, 7) is 4.17. The van der Waals surface area contributed by atoms with Crippen LogP contribution in [0.1, 0.15) is 25.7 Å². The number of aromatic nitrogens is 2. The number of amides is 1. The third-order valence-corrected chi connectivity index (χ3v) is 5.27. The number of piperidine rings is 1. The molecule has 2 heterocycles. The molecule has 2 N–H and O–H groups in total. The number of carbonyl (C=O) groups excluding carboxylic acids is 1. The maximum absolute atomic E-state index is 12.1. The zero-order valence-corrected chi connectivity index (χ0v) is 18.6. The second-order valence-corrected chi connectivity index (χ2v) is 7.86. The molecule has 0 atom stereocenters. The van der Waals surface area contributed by atoms with Gasteiger partial charge in [-0.25, -0.2) is 9.78 Å². The van der Waals surface area contributed by atoms with Gasteiger partial charge < -0.3 is 19.7 Å². The molecule has 4 rings (SSSR count). The summed E-state index contributed by atoms with van der Waals surface area (Å²) in [5.74, 6) is 1.25. The number of nitrogens with zero attached hydrogens (tertiary/aromatic N) is 3. The molecule has 0 aliphatic carbocycles. The lowest BCUT2D eigenvalue weighted by Crippen LogP contribution is -2.31. The third kappa shape index (κ3) is 7.47. The van der Waals surface area contributed by atoms with Crippen LogP contribution in [0.4, 0.5) is 22.1 Å². The molecule has 2 aromatic carbocycles. The molecule has 1 amide bonds. The van der Waals surface area contributed by atoms with Gasteiger partial charge in [0.25, 0.3) is 0 Å². The third-order valence-electron chi connectivity index (χ3n) is 5.27. The molecule has 1 fully saturated rings. The van der Waals surface area contributed by atoms with E-state index in [9.17, 15) is 4.79 Å². The van der Waals surface area contributed by atoms with E-state index >= 15 is 0 Å². The topological polar surface area (TPSA) is 88.6 Å². The molecule has 0 radical (unpaired) electrons. The van der Waals surface area contributed by atoms with E-state index < -0.39 is 6.09 Å². The first kappa shape index (κ1) is 22.5. The average Bonchev–Trinajstić information content (AvgIpc) is 2.84. The monoisotopic (exact) mass is 447 g/mol. The number of carbonyl (C=O) groups is 1. The molecule has 0 spiro atoms. The molecule has 1 aromatic heterocycles. The first-order valence-electron chi connectivity index (χ1n) is 11.3. The summed E-state index contributed by atoms with van der Waals surface area (Å²) < 4.78 is 11.2. The standard InChI is InChI=1S/C25H29N5O3/c31-25(28-20-9-3-1-4-10-20)33-23-13-14-26-24(29-23)27-21-11-7-12-22(19-21)32-18-8-17-30-15-5-2-6-16-30/h1,3-4,7,9-14,19H,2,5-6,8,15-18H2,(H,28,31)(H,26,27,29). The normalized spacial score (nSPS) is 13.8. The molecule has 8 heteroatoms. The highest BCUT2D eigenvalue weighted by molar-refractivity contribution is 5.85. The molecule has 0 unspecified atom stereocenters. The van der Waals surface area contributed by atoms with Crippen LogP contribution in [0.3, 0.4) is 0 Å². The largest absolute Gasteiger partial charge is 0.493 e. The molecule has 172 valence electrons. The van der Waals surface area contributed by atoms with Crippen molar-refractivity contribution in [3.63, 3.8) is 0 Å². The quantitative estimate of drug-likeness (QED) is 0.442. The zero-order valence-electron chi connectivity index (χ0n) is 18.6. The number of ether oxygens (including phenoxy) is 2. The fourth-order valence-electron chi connectivity index (χ4n) is 3.67. The SMILES string of the molecule is O=C(Nc1ccccc1)Oc1ccnc(Nc2cccc(OCCCN3CCCCC3)c2)n1. The van der Waals surface area contributed by atoms with Gasteiger partial charge in [0.2, 0.25) is 11.8 Å². The highest BCUT2D eigenvalue weighted by atomic mass is 16.6. The van der Waals surface area contributed by atoms with Crippen molar-refractivity contribution in [1.82, 2.24) is 14.9 Å². The van der Waals surface area contributed by atoms with Crippen LogP contribution < -0.4 is 20.1 Å². The molecule has 3 aromatic rings. The number of nitrogens with one attached hydrogen (secondary N) is 2. The Morgan fingerprint density at radius 1 is 0.970 bits per heavy atom. The Balaban J connectivity index is 1.26. The Labute approximate surface area is 194 Å². The summed E-state index contributed by atoms with van der Waals surface area (Å²) in [7, 11) is 0. The Bertz CT molecular complexity index is 1030. The van der Waals surface area contributed by atoms with Crippen LogP contribution >= 0.6 is 0 Å². The van der Waals surface area contributed by atoms with Crippen molar-refractivity contribution in [1.29, 1.82) is 0 Å².